The van der Waals surface area contributed by atoms with Crippen LogP contribution in [0.15, 0.2) is 30.5 Å². The van der Waals surface area contributed by atoms with Gasteiger partial charge in [0.2, 0.25) is 10.0 Å². The Morgan fingerprint density at radius 2 is 2.13 bits per heavy atom. The fourth-order valence-electron chi connectivity index (χ4n) is 3.03. The molecule has 0 radical (unpaired) electrons. The van der Waals surface area contributed by atoms with E-state index >= 15 is 0 Å². The van der Waals surface area contributed by atoms with Gasteiger partial charge in [-0.2, -0.15) is 0 Å². The van der Waals surface area contributed by atoms with Crippen molar-refractivity contribution in [2.24, 2.45) is 0 Å². The van der Waals surface area contributed by atoms with Gasteiger partial charge in [0, 0.05) is 36.4 Å². The largest absolute Gasteiger partial charge is 0.370 e. The Bertz CT molecular complexity index is 823. The van der Waals surface area contributed by atoms with E-state index in [0.29, 0.717) is 30.4 Å². The molecule has 1 N–H and O–H groups in total. The van der Waals surface area contributed by atoms with Crippen LogP contribution in [0.5, 0.6) is 0 Å². The van der Waals surface area contributed by atoms with E-state index in [0.717, 1.165) is 5.69 Å². The lowest BCUT2D eigenvalue weighted by Crippen LogP contribution is -2.39. The molecule has 1 atom stereocenters. The number of para-hydroxylation sites is 1. The molecule has 0 aliphatic carbocycles. The van der Waals surface area contributed by atoms with E-state index in [9.17, 15) is 12.8 Å². The summed E-state index contributed by atoms with van der Waals surface area (Å²) < 4.78 is 41.2. The second kappa shape index (κ2) is 6.05. The first-order valence-corrected chi connectivity index (χ1v) is 9.22. The van der Waals surface area contributed by atoms with Crippen molar-refractivity contribution in [3.05, 3.63) is 36.3 Å². The maximum atomic E-state index is 13.9. The summed E-state index contributed by atoms with van der Waals surface area (Å²) in [5, 5.41) is 0.254. The van der Waals surface area contributed by atoms with Gasteiger partial charge in [0.1, 0.15) is 11.3 Å². The number of pyridine rings is 1. The standard InChI is InChI=1S/C16H20FN3O2S/c1-11(2)19-23(21,22)12-7-9-20(10-12)15-6-8-18-16-13(15)4-3-5-14(16)17/h3-6,8,11-12,19H,7,9-10H2,1-2H3/t12-/m1/s1. The maximum absolute atomic E-state index is 13.9. The second-order valence-corrected chi connectivity index (χ2v) is 8.13. The molecule has 1 saturated heterocycles. The summed E-state index contributed by atoms with van der Waals surface area (Å²) >= 11 is 0. The van der Waals surface area contributed by atoms with Gasteiger partial charge < -0.3 is 4.90 Å². The number of hydrogen-bond acceptors (Lipinski definition) is 4. The Morgan fingerprint density at radius 1 is 1.35 bits per heavy atom. The van der Waals surface area contributed by atoms with E-state index in [1.807, 2.05) is 30.9 Å². The highest BCUT2D eigenvalue weighted by Crippen LogP contribution is 2.30. The van der Waals surface area contributed by atoms with Gasteiger partial charge in [-0.3, -0.25) is 4.98 Å². The van der Waals surface area contributed by atoms with Crippen LogP contribution in [0.3, 0.4) is 0 Å². The molecule has 1 fully saturated rings. The third-order valence-corrected chi connectivity index (χ3v) is 6.09. The number of nitrogens with one attached hydrogen (secondary N) is 1. The van der Waals surface area contributed by atoms with Crippen molar-refractivity contribution in [2.45, 2.75) is 31.6 Å². The summed E-state index contributed by atoms with van der Waals surface area (Å²) in [4.78, 5) is 6.08. The predicted octanol–water partition coefficient (Wildman–Crippen LogP) is 2.28. The van der Waals surface area contributed by atoms with Crippen LogP contribution in [0.2, 0.25) is 0 Å². The summed E-state index contributed by atoms with van der Waals surface area (Å²) in [7, 11) is -3.34. The number of sulfonamides is 1. The van der Waals surface area contributed by atoms with E-state index in [2.05, 4.69) is 9.71 Å². The maximum Gasteiger partial charge on any atom is 0.216 e. The molecule has 1 aromatic heterocycles. The van der Waals surface area contributed by atoms with Gasteiger partial charge >= 0.3 is 0 Å². The number of anilines is 1. The first kappa shape index (κ1) is 16.1. The molecule has 0 bridgehead atoms. The van der Waals surface area contributed by atoms with Crippen molar-refractivity contribution in [2.75, 3.05) is 18.0 Å². The van der Waals surface area contributed by atoms with E-state index < -0.39 is 15.3 Å². The molecule has 7 heteroatoms. The molecule has 1 aromatic carbocycles. The van der Waals surface area contributed by atoms with Crippen LogP contribution in [0, 0.1) is 5.82 Å². The fraction of sp³-hybridized carbons (Fsp3) is 0.438. The average molecular weight is 337 g/mol. The summed E-state index contributed by atoms with van der Waals surface area (Å²) in [5.41, 5.74) is 1.15. The van der Waals surface area contributed by atoms with Crippen LogP contribution in [0.25, 0.3) is 10.9 Å². The zero-order chi connectivity index (χ0) is 16.6. The summed E-state index contributed by atoms with van der Waals surface area (Å²) in [6.45, 7) is 4.64. The summed E-state index contributed by atoms with van der Waals surface area (Å²) in [5.74, 6) is -0.366. The van der Waals surface area contributed by atoms with Gasteiger partial charge in [0.05, 0.1) is 5.25 Å². The van der Waals surface area contributed by atoms with Crippen molar-refractivity contribution < 1.29 is 12.8 Å². The van der Waals surface area contributed by atoms with Gasteiger partial charge in [0.15, 0.2) is 0 Å². The Labute approximate surface area is 135 Å². The Morgan fingerprint density at radius 3 is 2.87 bits per heavy atom. The molecule has 2 aromatic rings. The minimum atomic E-state index is -3.34. The molecule has 1 aliphatic rings. The predicted molar refractivity (Wildman–Crippen MR) is 89.5 cm³/mol. The Hall–Kier alpha value is -1.73. The van der Waals surface area contributed by atoms with E-state index in [-0.39, 0.29) is 11.9 Å². The van der Waals surface area contributed by atoms with Crippen LogP contribution < -0.4 is 9.62 Å². The van der Waals surface area contributed by atoms with Gasteiger partial charge in [-0.15, -0.1) is 0 Å². The third-order valence-electron chi connectivity index (χ3n) is 4.02. The van der Waals surface area contributed by atoms with Crippen molar-refractivity contribution >= 4 is 26.6 Å². The molecule has 0 spiro atoms. The number of benzene rings is 1. The molecule has 0 unspecified atom stereocenters. The Kier molecular flexibility index (Phi) is 4.25. The van der Waals surface area contributed by atoms with Crippen LogP contribution in [-0.4, -0.2) is 37.8 Å². The number of nitrogens with zero attached hydrogens (tertiary/aromatic N) is 2. The minimum absolute atomic E-state index is 0.120. The smallest absolute Gasteiger partial charge is 0.216 e. The first-order chi connectivity index (χ1) is 10.9. The van der Waals surface area contributed by atoms with E-state index in [4.69, 9.17) is 0 Å². The van der Waals surface area contributed by atoms with E-state index in [1.165, 1.54) is 6.07 Å². The number of halogens is 1. The van der Waals surface area contributed by atoms with Crippen LogP contribution >= 0.6 is 0 Å². The molecule has 1 aliphatic heterocycles. The van der Waals surface area contributed by atoms with Crippen molar-refractivity contribution in [3.8, 4) is 0 Å². The van der Waals surface area contributed by atoms with Gasteiger partial charge in [-0.25, -0.2) is 17.5 Å². The molecule has 5 nitrogen and oxygen atoms in total. The quantitative estimate of drug-likeness (QED) is 0.930. The lowest BCUT2D eigenvalue weighted by atomic mass is 10.1. The van der Waals surface area contributed by atoms with Crippen molar-refractivity contribution in [1.82, 2.24) is 9.71 Å². The highest BCUT2D eigenvalue weighted by molar-refractivity contribution is 7.90. The number of rotatable bonds is 4. The van der Waals surface area contributed by atoms with E-state index in [1.54, 1.807) is 12.3 Å². The molecular weight excluding hydrogens is 317 g/mol. The topological polar surface area (TPSA) is 62.3 Å². The molecule has 2 heterocycles. The van der Waals surface area contributed by atoms with Gasteiger partial charge in [-0.05, 0) is 32.4 Å². The zero-order valence-electron chi connectivity index (χ0n) is 13.2. The lowest BCUT2D eigenvalue weighted by molar-refractivity contribution is 0.557. The molecule has 0 amide bonds. The van der Waals surface area contributed by atoms with Crippen molar-refractivity contribution in [1.29, 1.82) is 0 Å². The number of hydrogen-bond donors (Lipinski definition) is 1. The molecule has 0 saturated carbocycles. The summed E-state index contributed by atoms with van der Waals surface area (Å²) in [6, 6.07) is 6.53. The van der Waals surface area contributed by atoms with Gasteiger partial charge in [0.25, 0.3) is 0 Å². The molecule has 124 valence electrons. The van der Waals surface area contributed by atoms with Crippen LogP contribution in [0.4, 0.5) is 10.1 Å². The van der Waals surface area contributed by atoms with Crippen LogP contribution in [-0.2, 0) is 10.0 Å². The minimum Gasteiger partial charge on any atom is -0.370 e. The van der Waals surface area contributed by atoms with Crippen LogP contribution in [0.1, 0.15) is 20.3 Å². The fourth-order valence-corrected chi connectivity index (χ4v) is 4.67. The molecular formula is C16H20FN3O2S. The number of aromatic nitrogens is 1. The second-order valence-electron chi connectivity index (χ2n) is 6.14. The SMILES string of the molecule is CC(C)NS(=O)(=O)[C@@H]1CCN(c2ccnc3c(F)cccc23)C1. The first-order valence-electron chi connectivity index (χ1n) is 7.68. The highest BCUT2D eigenvalue weighted by Gasteiger charge is 2.34. The third kappa shape index (κ3) is 3.16. The average Bonchev–Trinajstić information content (AvgIpc) is 2.96. The molecule has 23 heavy (non-hydrogen) atoms. The summed E-state index contributed by atoms with van der Waals surface area (Å²) in [6.07, 6.45) is 2.12. The normalized spacial score (nSPS) is 19.0. The Balaban J connectivity index is 1.89. The lowest BCUT2D eigenvalue weighted by Gasteiger charge is -2.21. The number of fused-ring (bicyclic) bond motifs is 1. The van der Waals surface area contributed by atoms with Gasteiger partial charge in [-0.1, -0.05) is 12.1 Å². The zero-order valence-corrected chi connectivity index (χ0v) is 14.0. The highest BCUT2D eigenvalue weighted by atomic mass is 32.2. The monoisotopic (exact) mass is 337 g/mol. The van der Waals surface area contributed by atoms with Crippen molar-refractivity contribution in [3.63, 3.8) is 0 Å². The molecule has 3 rings (SSSR count).